The van der Waals surface area contributed by atoms with Crippen LogP contribution in [0.3, 0.4) is 0 Å². The summed E-state index contributed by atoms with van der Waals surface area (Å²) >= 11 is 0. The van der Waals surface area contributed by atoms with Gasteiger partial charge in [0.05, 0.1) is 12.8 Å². The fraction of sp³-hybridized carbons (Fsp3) is 0.478. The lowest BCUT2D eigenvalue weighted by molar-refractivity contribution is 0.0585. The van der Waals surface area contributed by atoms with Crippen LogP contribution in [-0.4, -0.2) is 70.1 Å². The standard InChI is InChI=1S/C23H28N6O3/c1-17-4-2-8-29(15-17)20-7-6-18(14-24-20)22-25-21(32-26-22)16-27-9-11-28(12-10-27)23(30)19-5-3-13-31-19/h3,5-7,13-14,17H,2,4,8-12,15-16H2,1H3/t17-/m1/s1. The molecule has 0 saturated carbocycles. The predicted molar refractivity (Wildman–Crippen MR) is 118 cm³/mol. The van der Waals surface area contributed by atoms with Gasteiger partial charge in [-0.1, -0.05) is 12.1 Å². The highest BCUT2D eigenvalue weighted by Gasteiger charge is 2.25. The molecule has 0 bridgehead atoms. The van der Waals surface area contributed by atoms with Crippen LogP contribution in [0.2, 0.25) is 0 Å². The van der Waals surface area contributed by atoms with E-state index in [1.54, 1.807) is 12.1 Å². The Balaban J connectivity index is 1.16. The first-order valence-corrected chi connectivity index (χ1v) is 11.2. The van der Waals surface area contributed by atoms with E-state index >= 15 is 0 Å². The molecule has 0 aliphatic carbocycles. The molecule has 0 N–H and O–H groups in total. The van der Waals surface area contributed by atoms with Crippen molar-refractivity contribution in [3.63, 3.8) is 0 Å². The second kappa shape index (κ2) is 9.12. The lowest BCUT2D eigenvalue weighted by Gasteiger charge is -2.33. The molecule has 0 radical (unpaired) electrons. The fourth-order valence-electron chi connectivity index (χ4n) is 4.40. The lowest BCUT2D eigenvalue weighted by Crippen LogP contribution is -2.48. The third-order valence-electron chi connectivity index (χ3n) is 6.21. The number of carbonyl (C=O) groups excluding carboxylic acids is 1. The Hall–Kier alpha value is -3.20. The van der Waals surface area contributed by atoms with Gasteiger partial charge >= 0.3 is 0 Å². The van der Waals surface area contributed by atoms with Crippen LogP contribution in [0.15, 0.2) is 45.7 Å². The molecule has 0 aromatic carbocycles. The Labute approximate surface area is 187 Å². The van der Waals surface area contributed by atoms with Crippen LogP contribution in [0.1, 0.15) is 36.2 Å². The van der Waals surface area contributed by atoms with Crippen LogP contribution in [0.25, 0.3) is 11.4 Å². The van der Waals surface area contributed by atoms with Gasteiger partial charge in [-0.2, -0.15) is 4.98 Å². The summed E-state index contributed by atoms with van der Waals surface area (Å²) < 4.78 is 10.7. The average molecular weight is 437 g/mol. The normalized spacial score (nSPS) is 20.0. The highest BCUT2D eigenvalue weighted by Crippen LogP contribution is 2.23. The Morgan fingerprint density at radius 2 is 2.03 bits per heavy atom. The van der Waals surface area contributed by atoms with Crippen LogP contribution in [-0.2, 0) is 6.54 Å². The highest BCUT2D eigenvalue weighted by molar-refractivity contribution is 5.91. The SMILES string of the molecule is C[C@@H]1CCCN(c2ccc(-c3noc(CN4CCN(C(=O)c5ccco5)CC4)n3)cn2)C1. The fourth-order valence-corrected chi connectivity index (χ4v) is 4.40. The molecule has 2 fully saturated rings. The van der Waals surface area contributed by atoms with Gasteiger partial charge in [0.2, 0.25) is 11.7 Å². The number of nitrogens with zero attached hydrogens (tertiary/aromatic N) is 6. The summed E-state index contributed by atoms with van der Waals surface area (Å²) in [6.07, 6.45) is 5.84. The number of furan rings is 1. The van der Waals surface area contributed by atoms with E-state index in [0.29, 0.717) is 43.0 Å². The third kappa shape index (κ3) is 4.52. The number of piperazine rings is 1. The van der Waals surface area contributed by atoms with Gasteiger partial charge in [-0.05, 0) is 43.0 Å². The minimum atomic E-state index is -0.0651. The first-order valence-electron chi connectivity index (χ1n) is 11.2. The molecular weight excluding hydrogens is 408 g/mol. The van der Waals surface area contributed by atoms with Crippen molar-refractivity contribution in [3.8, 4) is 11.4 Å². The number of hydrogen-bond donors (Lipinski definition) is 0. The molecule has 1 amide bonds. The number of carbonyl (C=O) groups is 1. The molecule has 1 atom stereocenters. The molecule has 9 heteroatoms. The molecule has 3 aromatic rings. The highest BCUT2D eigenvalue weighted by atomic mass is 16.5. The quantitative estimate of drug-likeness (QED) is 0.603. The van der Waals surface area contributed by atoms with Crippen molar-refractivity contribution in [3.05, 3.63) is 48.4 Å². The van der Waals surface area contributed by atoms with Gasteiger partial charge in [-0.25, -0.2) is 4.98 Å². The van der Waals surface area contributed by atoms with E-state index in [0.717, 1.165) is 37.6 Å². The Kier molecular flexibility index (Phi) is 5.89. The molecule has 168 valence electrons. The van der Waals surface area contributed by atoms with E-state index in [9.17, 15) is 4.79 Å². The van der Waals surface area contributed by atoms with Crippen molar-refractivity contribution in [2.75, 3.05) is 44.2 Å². The first kappa shape index (κ1) is 20.7. The maximum Gasteiger partial charge on any atom is 0.289 e. The van der Waals surface area contributed by atoms with E-state index < -0.39 is 0 Å². The number of amides is 1. The second-order valence-corrected chi connectivity index (χ2v) is 8.66. The molecule has 0 unspecified atom stereocenters. The third-order valence-corrected chi connectivity index (χ3v) is 6.21. The van der Waals surface area contributed by atoms with Gasteiger partial charge in [-0.3, -0.25) is 9.69 Å². The molecule has 2 aliphatic rings. The van der Waals surface area contributed by atoms with Gasteiger partial charge in [0, 0.05) is 51.0 Å². The molecule has 32 heavy (non-hydrogen) atoms. The van der Waals surface area contributed by atoms with E-state index in [1.165, 1.54) is 19.1 Å². The predicted octanol–water partition coefficient (Wildman–Crippen LogP) is 2.92. The van der Waals surface area contributed by atoms with E-state index in [1.807, 2.05) is 23.2 Å². The van der Waals surface area contributed by atoms with Crippen molar-refractivity contribution in [2.45, 2.75) is 26.3 Å². The van der Waals surface area contributed by atoms with Crippen molar-refractivity contribution in [1.82, 2.24) is 24.9 Å². The number of pyridine rings is 1. The molecule has 9 nitrogen and oxygen atoms in total. The summed E-state index contributed by atoms with van der Waals surface area (Å²) in [5.74, 6) is 3.15. The maximum atomic E-state index is 12.4. The van der Waals surface area contributed by atoms with Crippen LogP contribution >= 0.6 is 0 Å². The number of piperidine rings is 1. The van der Waals surface area contributed by atoms with Crippen LogP contribution in [0.4, 0.5) is 5.82 Å². The van der Waals surface area contributed by atoms with E-state index in [4.69, 9.17) is 8.94 Å². The molecular formula is C23H28N6O3. The summed E-state index contributed by atoms with van der Waals surface area (Å²) in [6, 6.07) is 7.48. The zero-order valence-corrected chi connectivity index (χ0v) is 18.3. The van der Waals surface area contributed by atoms with E-state index in [2.05, 4.69) is 31.8 Å². The molecule has 2 saturated heterocycles. The van der Waals surface area contributed by atoms with Gasteiger partial charge < -0.3 is 18.7 Å². The molecule has 2 aliphatic heterocycles. The Bertz CT molecular complexity index is 1020. The van der Waals surface area contributed by atoms with Crippen molar-refractivity contribution >= 4 is 11.7 Å². The first-order chi connectivity index (χ1) is 15.7. The van der Waals surface area contributed by atoms with E-state index in [-0.39, 0.29) is 5.91 Å². The van der Waals surface area contributed by atoms with Gasteiger partial charge in [0.15, 0.2) is 5.76 Å². The summed E-state index contributed by atoms with van der Waals surface area (Å²) in [7, 11) is 0. The van der Waals surface area contributed by atoms with Crippen molar-refractivity contribution in [2.24, 2.45) is 5.92 Å². The number of aromatic nitrogens is 3. The number of hydrogen-bond acceptors (Lipinski definition) is 8. The molecule has 5 heterocycles. The zero-order valence-electron chi connectivity index (χ0n) is 18.3. The zero-order chi connectivity index (χ0) is 21.9. The van der Waals surface area contributed by atoms with Gasteiger partial charge in [0.1, 0.15) is 5.82 Å². The minimum absolute atomic E-state index is 0.0651. The Morgan fingerprint density at radius 3 is 2.75 bits per heavy atom. The maximum absolute atomic E-state index is 12.4. The summed E-state index contributed by atoms with van der Waals surface area (Å²) in [6.45, 7) is 7.74. The second-order valence-electron chi connectivity index (χ2n) is 8.66. The monoisotopic (exact) mass is 436 g/mol. The molecule has 0 spiro atoms. The number of rotatable bonds is 5. The Morgan fingerprint density at radius 1 is 1.16 bits per heavy atom. The average Bonchev–Trinajstić information content (AvgIpc) is 3.52. The summed E-state index contributed by atoms with van der Waals surface area (Å²) in [5, 5.41) is 4.14. The topological polar surface area (TPSA) is 91.7 Å². The summed E-state index contributed by atoms with van der Waals surface area (Å²) in [4.78, 5) is 27.9. The number of anilines is 1. The smallest absolute Gasteiger partial charge is 0.289 e. The van der Waals surface area contributed by atoms with Crippen molar-refractivity contribution in [1.29, 1.82) is 0 Å². The molecule has 5 rings (SSSR count). The minimum Gasteiger partial charge on any atom is -0.459 e. The lowest BCUT2D eigenvalue weighted by atomic mass is 10.0. The largest absolute Gasteiger partial charge is 0.459 e. The summed E-state index contributed by atoms with van der Waals surface area (Å²) in [5.41, 5.74) is 0.850. The van der Waals surface area contributed by atoms with Gasteiger partial charge in [-0.15, -0.1) is 0 Å². The van der Waals surface area contributed by atoms with Crippen LogP contribution in [0, 0.1) is 5.92 Å². The van der Waals surface area contributed by atoms with Crippen LogP contribution in [0.5, 0.6) is 0 Å². The van der Waals surface area contributed by atoms with Crippen LogP contribution < -0.4 is 4.90 Å². The van der Waals surface area contributed by atoms with Crippen molar-refractivity contribution < 1.29 is 13.7 Å². The molecule has 3 aromatic heterocycles. The van der Waals surface area contributed by atoms with Gasteiger partial charge in [0.25, 0.3) is 5.91 Å².